The summed E-state index contributed by atoms with van der Waals surface area (Å²) in [6, 6.07) is 1.76. The molecule has 1 aliphatic heterocycles. The molecule has 1 unspecified atom stereocenters. The Morgan fingerprint density at radius 2 is 2.12 bits per heavy atom. The highest BCUT2D eigenvalue weighted by Crippen LogP contribution is 2.36. The first kappa shape index (κ1) is 10.8. The molecule has 0 saturated heterocycles. The van der Waals surface area contributed by atoms with E-state index < -0.39 is 0 Å². The molecule has 0 spiro atoms. The summed E-state index contributed by atoms with van der Waals surface area (Å²) in [6.07, 6.45) is 0. The third-order valence-electron chi connectivity index (χ3n) is 3.06. The fourth-order valence-electron chi connectivity index (χ4n) is 1.74. The molecule has 1 aliphatic rings. The van der Waals surface area contributed by atoms with Gasteiger partial charge in [-0.2, -0.15) is 0 Å². The van der Waals surface area contributed by atoms with E-state index in [1.54, 1.807) is 6.07 Å². The zero-order valence-electron chi connectivity index (χ0n) is 9.76. The van der Waals surface area contributed by atoms with E-state index in [4.69, 9.17) is 10.5 Å². The van der Waals surface area contributed by atoms with Crippen LogP contribution < -0.4 is 15.8 Å². The fraction of sp³-hybridized carbons (Fsp3) is 0.417. The Morgan fingerprint density at radius 3 is 2.81 bits per heavy atom. The second-order valence-electron chi connectivity index (χ2n) is 4.29. The second kappa shape index (κ2) is 3.70. The molecule has 4 heteroatoms. The van der Waals surface area contributed by atoms with Crippen molar-refractivity contribution in [3.63, 3.8) is 0 Å². The van der Waals surface area contributed by atoms with E-state index in [-0.39, 0.29) is 11.8 Å². The molecule has 4 nitrogen and oxygen atoms in total. The molecule has 1 aromatic rings. The molecule has 1 aromatic carbocycles. The molecule has 0 aromatic heterocycles. The molecule has 1 amide bonds. The zero-order valence-corrected chi connectivity index (χ0v) is 9.76. The van der Waals surface area contributed by atoms with Gasteiger partial charge in [0, 0.05) is 5.69 Å². The van der Waals surface area contributed by atoms with Crippen LogP contribution in [0.5, 0.6) is 5.75 Å². The van der Waals surface area contributed by atoms with Gasteiger partial charge in [0.25, 0.3) is 0 Å². The van der Waals surface area contributed by atoms with Gasteiger partial charge in [-0.25, -0.2) is 0 Å². The molecule has 3 N–H and O–H groups in total. The van der Waals surface area contributed by atoms with Crippen molar-refractivity contribution in [2.45, 2.75) is 20.8 Å². The van der Waals surface area contributed by atoms with Gasteiger partial charge in [0.1, 0.15) is 5.75 Å². The van der Waals surface area contributed by atoms with Gasteiger partial charge in [0.2, 0.25) is 5.91 Å². The number of carbonyl (C=O) groups excluding carboxylic acids is 1. The number of carbonyl (C=O) groups is 1. The van der Waals surface area contributed by atoms with Gasteiger partial charge in [0.05, 0.1) is 18.2 Å². The second-order valence-corrected chi connectivity index (χ2v) is 4.29. The van der Waals surface area contributed by atoms with Gasteiger partial charge in [0.15, 0.2) is 0 Å². The van der Waals surface area contributed by atoms with Crippen molar-refractivity contribution in [1.82, 2.24) is 0 Å². The predicted octanol–water partition coefficient (Wildman–Crippen LogP) is 1.85. The van der Waals surface area contributed by atoms with Crippen LogP contribution in [0.2, 0.25) is 0 Å². The Bertz CT molecular complexity index is 455. The minimum atomic E-state index is -0.145. The number of nitrogen functional groups attached to an aromatic ring is 1. The monoisotopic (exact) mass is 220 g/mol. The van der Waals surface area contributed by atoms with E-state index in [9.17, 15) is 4.79 Å². The van der Waals surface area contributed by atoms with E-state index in [1.165, 1.54) is 0 Å². The number of nitrogens with two attached hydrogens (primary N) is 1. The number of nitrogens with one attached hydrogen (secondary N) is 1. The van der Waals surface area contributed by atoms with Gasteiger partial charge in [-0.1, -0.05) is 6.92 Å². The topological polar surface area (TPSA) is 64.3 Å². The molecule has 86 valence electrons. The molecule has 16 heavy (non-hydrogen) atoms. The highest BCUT2D eigenvalue weighted by Gasteiger charge is 2.23. The van der Waals surface area contributed by atoms with Crippen LogP contribution in [0.25, 0.3) is 0 Å². The molecule has 2 rings (SSSR count). The van der Waals surface area contributed by atoms with Crippen LogP contribution in [0.15, 0.2) is 6.07 Å². The van der Waals surface area contributed by atoms with Crippen molar-refractivity contribution in [2.75, 3.05) is 17.7 Å². The third-order valence-corrected chi connectivity index (χ3v) is 3.06. The summed E-state index contributed by atoms with van der Waals surface area (Å²) in [6.45, 7) is 6.15. The standard InChI is InChI=1S/C12H16N2O2/c1-6-5-16-11-8(3)7(2)9(13)4-10(11)14-12(6)15/h4,6H,5,13H2,1-3H3,(H,14,15). The fourth-order valence-corrected chi connectivity index (χ4v) is 1.74. The third kappa shape index (κ3) is 1.60. The lowest BCUT2D eigenvalue weighted by Crippen LogP contribution is -2.22. The number of hydrogen-bond donors (Lipinski definition) is 2. The number of amides is 1. The van der Waals surface area contributed by atoms with Crippen LogP contribution in [0.3, 0.4) is 0 Å². The smallest absolute Gasteiger partial charge is 0.230 e. The lowest BCUT2D eigenvalue weighted by Gasteiger charge is -2.14. The summed E-state index contributed by atoms with van der Waals surface area (Å²) >= 11 is 0. The summed E-state index contributed by atoms with van der Waals surface area (Å²) in [4.78, 5) is 11.7. The number of anilines is 2. The SMILES string of the molecule is Cc1c(N)cc2c(c1C)OCC(C)C(=O)N2. The van der Waals surface area contributed by atoms with Gasteiger partial charge in [-0.15, -0.1) is 0 Å². The van der Waals surface area contributed by atoms with E-state index in [0.29, 0.717) is 18.0 Å². The maximum atomic E-state index is 11.7. The summed E-state index contributed by atoms with van der Waals surface area (Å²) in [5.74, 6) is 0.569. The van der Waals surface area contributed by atoms with Crippen molar-refractivity contribution in [3.05, 3.63) is 17.2 Å². The Balaban J connectivity index is 2.54. The van der Waals surface area contributed by atoms with Gasteiger partial charge < -0.3 is 15.8 Å². The predicted molar refractivity (Wildman–Crippen MR) is 63.6 cm³/mol. The average Bonchev–Trinajstić information content (AvgIpc) is 2.37. The van der Waals surface area contributed by atoms with Crippen LogP contribution in [-0.4, -0.2) is 12.5 Å². The Labute approximate surface area is 94.8 Å². The van der Waals surface area contributed by atoms with Crippen LogP contribution >= 0.6 is 0 Å². The molecule has 0 fully saturated rings. The Morgan fingerprint density at radius 1 is 1.44 bits per heavy atom. The van der Waals surface area contributed by atoms with Crippen molar-refractivity contribution in [3.8, 4) is 5.75 Å². The summed E-state index contributed by atoms with van der Waals surface area (Å²) in [5.41, 5.74) is 9.21. The van der Waals surface area contributed by atoms with E-state index in [2.05, 4.69) is 5.32 Å². The molecular weight excluding hydrogens is 204 g/mol. The maximum Gasteiger partial charge on any atom is 0.230 e. The zero-order chi connectivity index (χ0) is 11.9. The van der Waals surface area contributed by atoms with E-state index >= 15 is 0 Å². The van der Waals surface area contributed by atoms with Crippen molar-refractivity contribution < 1.29 is 9.53 Å². The summed E-state index contributed by atoms with van der Waals surface area (Å²) in [7, 11) is 0. The molecule has 0 aliphatic carbocycles. The van der Waals surface area contributed by atoms with Crippen LogP contribution in [0.1, 0.15) is 18.1 Å². The van der Waals surface area contributed by atoms with Crippen molar-refractivity contribution in [1.29, 1.82) is 0 Å². The number of benzene rings is 1. The molecule has 1 atom stereocenters. The first-order chi connectivity index (χ1) is 7.50. The normalized spacial score (nSPS) is 19.4. The highest BCUT2D eigenvalue weighted by molar-refractivity contribution is 5.95. The van der Waals surface area contributed by atoms with Crippen LogP contribution in [0, 0.1) is 19.8 Å². The first-order valence-corrected chi connectivity index (χ1v) is 5.34. The molecule has 1 heterocycles. The number of rotatable bonds is 0. The van der Waals surface area contributed by atoms with E-state index in [1.807, 2.05) is 20.8 Å². The molecule has 0 radical (unpaired) electrons. The minimum absolute atomic E-state index is 0.0265. The summed E-state index contributed by atoms with van der Waals surface area (Å²) < 4.78 is 5.66. The maximum absolute atomic E-state index is 11.7. The van der Waals surface area contributed by atoms with Gasteiger partial charge >= 0.3 is 0 Å². The quantitative estimate of drug-likeness (QED) is 0.656. The highest BCUT2D eigenvalue weighted by atomic mass is 16.5. The first-order valence-electron chi connectivity index (χ1n) is 5.34. The largest absolute Gasteiger partial charge is 0.490 e. The number of ether oxygens (including phenoxy) is 1. The van der Waals surface area contributed by atoms with Gasteiger partial charge in [-0.3, -0.25) is 4.79 Å². The van der Waals surface area contributed by atoms with Gasteiger partial charge in [-0.05, 0) is 31.0 Å². The Hall–Kier alpha value is -1.71. The van der Waals surface area contributed by atoms with Crippen LogP contribution in [0.4, 0.5) is 11.4 Å². The van der Waals surface area contributed by atoms with Crippen LogP contribution in [-0.2, 0) is 4.79 Å². The molecule has 0 bridgehead atoms. The number of fused-ring (bicyclic) bond motifs is 1. The average molecular weight is 220 g/mol. The minimum Gasteiger partial charge on any atom is -0.490 e. The van der Waals surface area contributed by atoms with Crippen molar-refractivity contribution >= 4 is 17.3 Å². The Kier molecular flexibility index (Phi) is 2.50. The van der Waals surface area contributed by atoms with Crippen molar-refractivity contribution in [2.24, 2.45) is 5.92 Å². The van der Waals surface area contributed by atoms with E-state index in [0.717, 1.165) is 16.9 Å². The summed E-state index contributed by atoms with van der Waals surface area (Å²) in [5, 5.41) is 2.84. The molecule has 0 saturated carbocycles. The lowest BCUT2D eigenvalue weighted by molar-refractivity contribution is -0.119. The lowest BCUT2D eigenvalue weighted by atomic mass is 10.1. The number of hydrogen-bond acceptors (Lipinski definition) is 3. The molecular formula is C12H16N2O2.